The lowest BCUT2D eigenvalue weighted by atomic mass is 9.95. The molecule has 0 unspecified atom stereocenters. The second kappa shape index (κ2) is 7.50. The largest absolute Gasteiger partial charge is 0.507 e. The number of carboxylic acid groups (broad SMARTS) is 1. The Labute approximate surface area is 162 Å². The normalized spacial score (nSPS) is 18.1. The summed E-state index contributed by atoms with van der Waals surface area (Å²) in [6, 6.07) is 8.17. The summed E-state index contributed by atoms with van der Waals surface area (Å²) in [4.78, 5) is 46.9. The van der Waals surface area contributed by atoms with Gasteiger partial charge in [0.25, 0.3) is 17.4 Å². The molecule has 0 aliphatic carbocycles. The molecule has 148 valence electrons. The Kier molecular flexibility index (Phi) is 5.09. The molecule has 1 aliphatic heterocycles. The van der Waals surface area contributed by atoms with Crippen molar-refractivity contribution in [1.82, 2.24) is 4.90 Å². The third kappa shape index (κ3) is 3.55. The van der Waals surface area contributed by atoms with E-state index in [4.69, 9.17) is 5.11 Å². The number of nitrogens with zero attached hydrogens (tertiary/aromatic N) is 2. The van der Waals surface area contributed by atoms with Crippen molar-refractivity contribution in [2.24, 2.45) is 0 Å². The average molecular weight is 400 g/mol. The summed E-state index contributed by atoms with van der Waals surface area (Å²) in [7, 11) is 0. The van der Waals surface area contributed by atoms with Crippen LogP contribution >= 0.6 is 0 Å². The molecule has 0 bridgehead atoms. The number of aliphatic hydroxyl groups excluding tert-OH is 1. The Hall–Kier alpha value is -4.08. The molecule has 1 atom stereocenters. The van der Waals surface area contributed by atoms with E-state index in [2.05, 4.69) is 0 Å². The second-order valence-electron chi connectivity index (χ2n) is 6.15. The lowest BCUT2D eigenvalue weighted by molar-refractivity contribution is -0.384. The van der Waals surface area contributed by atoms with Crippen LogP contribution in [0.15, 0.2) is 54.1 Å². The van der Waals surface area contributed by atoms with Gasteiger partial charge in [-0.2, -0.15) is 0 Å². The monoisotopic (exact) mass is 400 g/mol. The van der Waals surface area contributed by atoms with Crippen LogP contribution in [-0.4, -0.2) is 44.2 Å². The van der Waals surface area contributed by atoms with Gasteiger partial charge in [-0.05, 0) is 18.2 Å². The lowest BCUT2D eigenvalue weighted by Crippen LogP contribution is -2.34. The standard InChI is InChI=1S/C19H13FN2O7/c20-13-4-2-1-3-12(13)16-15(18(26)19(27)21(16)9-14(23)24)17(25)10-5-7-11(8-6-10)22(28)29/h1-8,16,25H,9H2,(H,23,24)/t16-/m1/s1. The molecule has 10 heteroatoms. The first kappa shape index (κ1) is 19.7. The topological polar surface area (TPSA) is 138 Å². The van der Waals surface area contributed by atoms with Gasteiger partial charge in [-0.25, -0.2) is 4.39 Å². The number of ketones is 1. The van der Waals surface area contributed by atoms with Crippen molar-refractivity contribution in [2.45, 2.75) is 6.04 Å². The number of rotatable bonds is 5. The van der Waals surface area contributed by atoms with E-state index >= 15 is 0 Å². The molecule has 0 spiro atoms. The molecule has 1 heterocycles. The zero-order valence-electron chi connectivity index (χ0n) is 14.6. The third-order valence-electron chi connectivity index (χ3n) is 4.40. The highest BCUT2D eigenvalue weighted by atomic mass is 19.1. The highest BCUT2D eigenvalue weighted by molar-refractivity contribution is 6.46. The Morgan fingerprint density at radius 2 is 1.72 bits per heavy atom. The Morgan fingerprint density at radius 1 is 1.10 bits per heavy atom. The number of halogens is 1. The van der Waals surface area contributed by atoms with Gasteiger partial charge in [-0.15, -0.1) is 0 Å². The summed E-state index contributed by atoms with van der Waals surface area (Å²) >= 11 is 0. The average Bonchev–Trinajstić information content (AvgIpc) is 2.92. The van der Waals surface area contributed by atoms with Gasteiger partial charge in [-0.3, -0.25) is 24.5 Å². The fourth-order valence-electron chi connectivity index (χ4n) is 3.11. The van der Waals surface area contributed by atoms with Crippen molar-refractivity contribution >= 4 is 29.1 Å². The second-order valence-corrected chi connectivity index (χ2v) is 6.15. The molecule has 3 rings (SSSR count). The smallest absolute Gasteiger partial charge is 0.323 e. The van der Waals surface area contributed by atoms with Crippen LogP contribution < -0.4 is 0 Å². The molecule has 1 aliphatic rings. The number of hydrogen-bond acceptors (Lipinski definition) is 6. The number of benzene rings is 2. The fraction of sp³-hybridized carbons (Fsp3) is 0.105. The molecule has 2 aromatic rings. The van der Waals surface area contributed by atoms with Crippen LogP contribution in [0.4, 0.5) is 10.1 Å². The van der Waals surface area contributed by atoms with Gasteiger partial charge in [-0.1, -0.05) is 18.2 Å². The maximum absolute atomic E-state index is 14.4. The number of non-ortho nitro benzene ring substituents is 1. The predicted octanol–water partition coefficient (Wildman–Crippen LogP) is 2.24. The van der Waals surface area contributed by atoms with Crippen LogP contribution in [0.5, 0.6) is 0 Å². The van der Waals surface area contributed by atoms with Crippen molar-refractivity contribution in [3.63, 3.8) is 0 Å². The molecule has 1 amide bonds. The minimum Gasteiger partial charge on any atom is -0.507 e. The van der Waals surface area contributed by atoms with E-state index in [1.807, 2.05) is 0 Å². The molecular weight excluding hydrogens is 387 g/mol. The predicted molar refractivity (Wildman–Crippen MR) is 96.1 cm³/mol. The molecule has 1 fully saturated rings. The van der Waals surface area contributed by atoms with Crippen LogP contribution in [-0.2, 0) is 14.4 Å². The first-order valence-corrected chi connectivity index (χ1v) is 8.21. The molecule has 29 heavy (non-hydrogen) atoms. The summed E-state index contributed by atoms with van der Waals surface area (Å²) < 4.78 is 14.4. The molecule has 1 saturated heterocycles. The van der Waals surface area contributed by atoms with Gasteiger partial charge >= 0.3 is 5.97 Å². The number of carbonyl (C=O) groups is 3. The highest BCUT2D eigenvalue weighted by Crippen LogP contribution is 2.40. The fourth-order valence-corrected chi connectivity index (χ4v) is 3.11. The van der Waals surface area contributed by atoms with Gasteiger partial charge in [0.15, 0.2) is 0 Å². The number of carbonyl (C=O) groups excluding carboxylic acids is 2. The summed E-state index contributed by atoms with van der Waals surface area (Å²) in [5.74, 6) is -5.31. The van der Waals surface area contributed by atoms with Gasteiger partial charge in [0.05, 0.1) is 16.5 Å². The lowest BCUT2D eigenvalue weighted by Gasteiger charge is -2.24. The number of amides is 1. The van der Waals surface area contributed by atoms with Crippen LogP contribution in [0.1, 0.15) is 17.2 Å². The number of aliphatic hydroxyl groups is 1. The van der Waals surface area contributed by atoms with Crippen molar-refractivity contribution in [3.05, 3.63) is 81.2 Å². The van der Waals surface area contributed by atoms with Gasteiger partial charge < -0.3 is 15.1 Å². The zero-order chi connectivity index (χ0) is 21.3. The number of hydrogen-bond donors (Lipinski definition) is 2. The van der Waals surface area contributed by atoms with Crippen LogP contribution in [0.3, 0.4) is 0 Å². The van der Waals surface area contributed by atoms with Crippen molar-refractivity contribution in [3.8, 4) is 0 Å². The highest BCUT2D eigenvalue weighted by Gasteiger charge is 2.47. The maximum atomic E-state index is 14.4. The quantitative estimate of drug-likeness (QED) is 0.258. The van der Waals surface area contributed by atoms with E-state index in [0.717, 1.165) is 30.3 Å². The number of nitro benzene ring substituents is 1. The molecule has 2 aromatic carbocycles. The minimum atomic E-state index is -1.47. The van der Waals surface area contributed by atoms with Gasteiger partial charge in [0.1, 0.15) is 18.1 Å². The number of carboxylic acids is 1. The van der Waals surface area contributed by atoms with E-state index < -0.39 is 52.3 Å². The third-order valence-corrected chi connectivity index (χ3v) is 4.40. The Morgan fingerprint density at radius 3 is 2.28 bits per heavy atom. The van der Waals surface area contributed by atoms with E-state index in [1.165, 1.54) is 18.2 Å². The molecule has 2 N–H and O–H groups in total. The van der Waals surface area contributed by atoms with Gasteiger partial charge in [0.2, 0.25) is 0 Å². The molecule has 0 aromatic heterocycles. The first-order chi connectivity index (χ1) is 13.7. The SMILES string of the molecule is O=C(O)CN1C(=O)C(=O)C(=C(O)c2ccc([N+](=O)[O-])cc2)[C@H]1c1ccccc1F. The van der Waals surface area contributed by atoms with E-state index in [-0.39, 0.29) is 16.8 Å². The van der Waals surface area contributed by atoms with Crippen LogP contribution in [0, 0.1) is 15.9 Å². The van der Waals surface area contributed by atoms with E-state index in [0.29, 0.717) is 4.90 Å². The number of Topliss-reactive ketones (excluding diaryl/α,β-unsaturated/α-hetero) is 1. The Balaban J connectivity index is 2.20. The van der Waals surface area contributed by atoms with E-state index in [1.54, 1.807) is 0 Å². The van der Waals surface area contributed by atoms with Crippen molar-refractivity contribution < 1.29 is 33.9 Å². The summed E-state index contributed by atoms with van der Waals surface area (Å²) in [5, 5.41) is 30.5. The number of nitro groups is 1. The summed E-state index contributed by atoms with van der Waals surface area (Å²) in [6.45, 7) is -0.888. The van der Waals surface area contributed by atoms with E-state index in [9.17, 15) is 34.0 Å². The molecular formula is C19H13FN2O7. The number of likely N-dealkylation sites (tertiary alicyclic amines) is 1. The molecule has 9 nitrogen and oxygen atoms in total. The summed E-state index contributed by atoms with van der Waals surface area (Å²) in [5.41, 5.74) is -0.963. The zero-order valence-corrected chi connectivity index (χ0v) is 14.6. The molecule has 0 saturated carbocycles. The van der Waals surface area contributed by atoms with Crippen molar-refractivity contribution in [2.75, 3.05) is 6.54 Å². The maximum Gasteiger partial charge on any atom is 0.323 e. The molecule has 0 radical (unpaired) electrons. The van der Waals surface area contributed by atoms with Crippen LogP contribution in [0.25, 0.3) is 5.76 Å². The minimum absolute atomic E-state index is 0.0229. The number of aliphatic carboxylic acids is 1. The first-order valence-electron chi connectivity index (χ1n) is 8.21. The van der Waals surface area contributed by atoms with Crippen LogP contribution in [0.2, 0.25) is 0 Å². The van der Waals surface area contributed by atoms with Gasteiger partial charge in [0, 0.05) is 23.3 Å². The van der Waals surface area contributed by atoms with Crippen molar-refractivity contribution in [1.29, 1.82) is 0 Å². The summed E-state index contributed by atoms with van der Waals surface area (Å²) in [6.07, 6.45) is 0. The Bertz CT molecular complexity index is 1060.